The summed E-state index contributed by atoms with van der Waals surface area (Å²) in [5.74, 6) is -0.608. The molecule has 7 nitrogen and oxygen atoms in total. The van der Waals surface area contributed by atoms with E-state index in [1.165, 1.54) is 10.6 Å². The van der Waals surface area contributed by atoms with Crippen LogP contribution in [0.25, 0.3) is 0 Å². The zero-order chi connectivity index (χ0) is 20.3. The first kappa shape index (κ1) is 19.9. The topological polar surface area (TPSA) is 110 Å². The predicted octanol–water partition coefficient (Wildman–Crippen LogP) is 1.36. The number of rotatable bonds is 6. The molecule has 148 valence electrons. The van der Waals surface area contributed by atoms with E-state index in [2.05, 4.69) is 5.32 Å². The average molecular weight is 401 g/mol. The number of hydrogen-bond donors (Lipinski definition) is 2. The van der Waals surface area contributed by atoms with Crippen LogP contribution in [0.15, 0.2) is 42.5 Å². The maximum absolute atomic E-state index is 12.5. The number of nitrogens with zero attached hydrogens (tertiary/aromatic N) is 1. The third-order valence-corrected chi connectivity index (χ3v) is 5.85. The number of fused-ring (bicyclic) bond motifs is 1. The summed E-state index contributed by atoms with van der Waals surface area (Å²) < 4.78 is 25.3. The Balaban J connectivity index is 1.67. The summed E-state index contributed by atoms with van der Waals surface area (Å²) in [6.45, 7) is 0.811. The van der Waals surface area contributed by atoms with E-state index in [0.29, 0.717) is 24.3 Å². The number of carbonyl (C=O) groups is 2. The average Bonchev–Trinajstić information content (AvgIpc) is 2.65. The number of sulfonamides is 1. The predicted molar refractivity (Wildman–Crippen MR) is 107 cm³/mol. The SMILES string of the molecule is CS(=O)(=O)N1CCCc2cc(C(=O)NCc3ccc(CC(N)=O)cc3)ccc21. The number of aryl methyl sites for hydroxylation is 1. The second-order valence-corrected chi connectivity index (χ2v) is 8.83. The minimum absolute atomic E-state index is 0.187. The van der Waals surface area contributed by atoms with Crippen molar-refractivity contribution < 1.29 is 18.0 Å². The first-order chi connectivity index (χ1) is 13.2. The maximum atomic E-state index is 12.5. The van der Waals surface area contributed by atoms with Gasteiger partial charge >= 0.3 is 0 Å². The molecule has 0 saturated heterocycles. The summed E-state index contributed by atoms with van der Waals surface area (Å²) in [5.41, 5.74) is 8.91. The summed E-state index contributed by atoms with van der Waals surface area (Å²) in [7, 11) is -3.33. The van der Waals surface area contributed by atoms with Crippen LogP contribution in [0.5, 0.6) is 0 Å². The van der Waals surface area contributed by atoms with E-state index in [0.717, 1.165) is 29.5 Å². The number of amides is 2. The molecule has 1 aliphatic heterocycles. The molecule has 0 fully saturated rings. The third kappa shape index (κ3) is 4.69. The van der Waals surface area contributed by atoms with Crippen LogP contribution in [0.3, 0.4) is 0 Å². The van der Waals surface area contributed by atoms with Crippen molar-refractivity contribution in [3.8, 4) is 0 Å². The standard InChI is InChI=1S/C20H23N3O4S/c1-28(26,27)23-10-2-3-16-12-17(8-9-18(16)23)20(25)22-13-15-6-4-14(5-7-15)11-19(21)24/h4-9,12H,2-3,10-11,13H2,1H3,(H2,21,24)(H,22,25). The molecule has 0 aromatic heterocycles. The molecular formula is C20H23N3O4S. The Morgan fingerprint density at radius 1 is 1.11 bits per heavy atom. The highest BCUT2D eigenvalue weighted by Crippen LogP contribution is 2.29. The summed E-state index contributed by atoms with van der Waals surface area (Å²) in [4.78, 5) is 23.4. The number of nitrogens with one attached hydrogen (secondary N) is 1. The fourth-order valence-electron chi connectivity index (χ4n) is 3.31. The van der Waals surface area contributed by atoms with Gasteiger partial charge in [0.05, 0.1) is 18.4 Å². The number of primary amides is 1. The largest absolute Gasteiger partial charge is 0.369 e. The van der Waals surface area contributed by atoms with Crippen LogP contribution >= 0.6 is 0 Å². The highest BCUT2D eigenvalue weighted by Gasteiger charge is 2.24. The van der Waals surface area contributed by atoms with Crippen LogP contribution in [-0.4, -0.2) is 33.0 Å². The van der Waals surface area contributed by atoms with Gasteiger partial charge in [0.25, 0.3) is 5.91 Å². The lowest BCUT2D eigenvalue weighted by molar-refractivity contribution is -0.117. The van der Waals surface area contributed by atoms with Gasteiger partial charge in [-0.1, -0.05) is 24.3 Å². The van der Waals surface area contributed by atoms with Gasteiger partial charge in [-0.05, 0) is 47.7 Å². The van der Waals surface area contributed by atoms with Crippen molar-refractivity contribution in [3.05, 3.63) is 64.7 Å². The van der Waals surface area contributed by atoms with Crippen molar-refractivity contribution >= 4 is 27.5 Å². The van der Waals surface area contributed by atoms with Crippen LogP contribution in [0.2, 0.25) is 0 Å². The van der Waals surface area contributed by atoms with Gasteiger partial charge in [-0.25, -0.2) is 8.42 Å². The normalized spacial score (nSPS) is 13.7. The molecule has 0 bridgehead atoms. The van der Waals surface area contributed by atoms with Crippen molar-refractivity contribution in [2.75, 3.05) is 17.1 Å². The zero-order valence-electron chi connectivity index (χ0n) is 15.6. The fraction of sp³-hybridized carbons (Fsp3) is 0.300. The molecular weight excluding hydrogens is 378 g/mol. The fourth-order valence-corrected chi connectivity index (χ4v) is 4.31. The number of benzene rings is 2. The smallest absolute Gasteiger partial charge is 0.251 e. The molecule has 0 spiro atoms. The number of hydrogen-bond acceptors (Lipinski definition) is 4. The van der Waals surface area contributed by atoms with E-state index in [1.807, 2.05) is 24.3 Å². The van der Waals surface area contributed by atoms with E-state index in [-0.39, 0.29) is 18.2 Å². The molecule has 3 N–H and O–H groups in total. The minimum atomic E-state index is -3.33. The number of anilines is 1. The molecule has 2 aromatic rings. The highest BCUT2D eigenvalue weighted by molar-refractivity contribution is 7.92. The lowest BCUT2D eigenvalue weighted by Crippen LogP contribution is -2.34. The second-order valence-electron chi connectivity index (χ2n) is 6.92. The Morgan fingerprint density at radius 3 is 2.43 bits per heavy atom. The Morgan fingerprint density at radius 2 is 1.79 bits per heavy atom. The third-order valence-electron chi connectivity index (χ3n) is 4.67. The lowest BCUT2D eigenvalue weighted by atomic mass is 10.0. The Labute approximate surface area is 164 Å². The van der Waals surface area contributed by atoms with Gasteiger partial charge in [0.15, 0.2) is 0 Å². The van der Waals surface area contributed by atoms with E-state index < -0.39 is 10.0 Å². The molecule has 1 aliphatic rings. The molecule has 1 heterocycles. The number of carbonyl (C=O) groups excluding carboxylic acids is 2. The van der Waals surface area contributed by atoms with E-state index >= 15 is 0 Å². The van der Waals surface area contributed by atoms with Crippen LogP contribution in [-0.2, 0) is 34.2 Å². The lowest BCUT2D eigenvalue weighted by Gasteiger charge is -2.29. The van der Waals surface area contributed by atoms with Crippen molar-refractivity contribution in [3.63, 3.8) is 0 Å². The summed E-state index contributed by atoms with van der Waals surface area (Å²) in [6.07, 6.45) is 2.84. The first-order valence-electron chi connectivity index (χ1n) is 8.99. The molecule has 0 atom stereocenters. The van der Waals surface area contributed by atoms with Gasteiger partial charge in [-0.3, -0.25) is 13.9 Å². The van der Waals surface area contributed by atoms with Crippen molar-refractivity contribution in [2.45, 2.75) is 25.8 Å². The van der Waals surface area contributed by atoms with E-state index in [1.54, 1.807) is 18.2 Å². The van der Waals surface area contributed by atoms with Crippen LogP contribution in [0, 0.1) is 0 Å². The van der Waals surface area contributed by atoms with E-state index in [4.69, 9.17) is 5.73 Å². The maximum Gasteiger partial charge on any atom is 0.251 e. The highest BCUT2D eigenvalue weighted by atomic mass is 32.2. The molecule has 0 aliphatic carbocycles. The summed E-state index contributed by atoms with van der Waals surface area (Å²) >= 11 is 0. The number of nitrogens with two attached hydrogens (primary N) is 1. The Bertz CT molecular complexity index is 1000. The molecule has 28 heavy (non-hydrogen) atoms. The van der Waals surface area contributed by atoms with Gasteiger partial charge in [0, 0.05) is 18.7 Å². The molecule has 2 aromatic carbocycles. The van der Waals surface area contributed by atoms with E-state index in [9.17, 15) is 18.0 Å². The molecule has 0 unspecified atom stereocenters. The molecule has 8 heteroatoms. The monoisotopic (exact) mass is 401 g/mol. The van der Waals surface area contributed by atoms with Crippen LogP contribution < -0.4 is 15.4 Å². The van der Waals surface area contributed by atoms with Gasteiger partial charge in [0.2, 0.25) is 15.9 Å². The Hall–Kier alpha value is -2.87. The molecule has 3 rings (SSSR count). The minimum Gasteiger partial charge on any atom is -0.369 e. The summed E-state index contributed by atoms with van der Waals surface area (Å²) in [5, 5.41) is 2.86. The van der Waals surface area contributed by atoms with Crippen LogP contribution in [0.1, 0.15) is 33.5 Å². The van der Waals surface area contributed by atoms with Gasteiger partial charge in [-0.2, -0.15) is 0 Å². The van der Waals surface area contributed by atoms with Gasteiger partial charge < -0.3 is 11.1 Å². The Kier molecular flexibility index (Phi) is 5.69. The zero-order valence-corrected chi connectivity index (χ0v) is 16.5. The first-order valence-corrected chi connectivity index (χ1v) is 10.8. The molecule has 0 saturated carbocycles. The second kappa shape index (κ2) is 8.02. The summed E-state index contributed by atoms with van der Waals surface area (Å²) in [6, 6.07) is 12.4. The van der Waals surface area contributed by atoms with Crippen molar-refractivity contribution in [2.24, 2.45) is 5.73 Å². The van der Waals surface area contributed by atoms with Gasteiger partial charge in [0.1, 0.15) is 0 Å². The van der Waals surface area contributed by atoms with Crippen molar-refractivity contribution in [1.29, 1.82) is 0 Å². The van der Waals surface area contributed by atoms with Crippen molar-refractivity contribution in [1.82, 2.24) is 5.32 Å². The van der Waals surface area contributed by atoms with Gasteiger partial charge in [-0.15, -0.1) is 0 Å². The molecule has 0 radical (unpaired) electrons. The molecule has 2 amide bonds. The quantitative estimate of drug-likeness (QED) is 0.761. The van der Waals surface area contributed by atoms with Crippen LogP contribution in [0.4, 0.5) is 5.69 Å².